The van der Waals surface area contributed by atoms with Gasteiger partial charge in [0.2, 0.25) is 0 Å². The first-order chi connectivity index (χ1) is 8.72. The molecule has 0 amide bonds. The molecule has 18 heavy (non-hydrogen) atoms. The fraction of sp³-hybridized carbons (Fsp3) is 0.625. The molecule has 0 aromatic heterocycles. The van der Waals surface area contributed by atoms with E-state index in [1.54, 1.807) is 0 Å². The van der Waals surface area contributed by atoms with E-state index in [0.717, 1.165) is 19.0 Å². The van der Waals surface area contributed by atoms with Gasteiger partial charge in [-0.15, -0.1) is 0 Å². The minimum Gasteiger partial charge on any atom is -0.380 e. The second kappa shape index (κ2) is 6.24. The van der Waals surface area contributed by atoms with Gasteiger partial charge in [-0.1, -0.05) is 45.4 Å². The predicted molar refractivity (Wildman–Crippen MR) is 79.1 cm³/mol. The third-order valence-corrected chi connectivity index (χ3v) is 4.04. The van der Waals surface area contributed by atoms with Crippen molar-refractivity contribution in [2.75, 3.05) is 25.0 Å². The Kier molecular flexibility index (Phi) is 4.65. The summed E-state index contributed by atoms with van der Waals surface area (Å²) in [6, 6.07) is 9.28. The van der Waals surface area contributed by atoms with E-state index in [2.05, 4.69) is 55.3 Å². The lowest BCUT2D eigenvalue weighted by Crippen LogP contribution is -2.38. The van der Waals surface area contributed by atoms with Crippen LogP contribution in [-0.2, 0) is 6.42 Å². The normalized spacial score (nSPS) is 19.7. The van der Waals surface area contributed by atoms with Crippen LogP contribution in [-0.4, -0.2) is 30.6 Å². The molecular formula is C16H26N2. The van der Waals surface area contributed by atoms with Crippen molar-refractivity contribution in [1.29, 1.82) is 0 Å². The summed E-state index contributed by atoms with van der Waals surface area (Å²) in [5.74, 6) is 0.800. The number of para-hydroxylation sites is 1. The first-order valence-electron chi connectivity index (χ1n) is 7.29. The van der Waals surface area contributed by atoms with Crippen molar-refractivity contribution in [3.8, 4) is 0 Å². The van der Waals surface area contributed by atoms with Gasteiger partial charge in [0.05, 0.1) is 0 Å². The summed E-state index contributed by atoms with van der Waals surface area (Å²) in [6.07, 6.45) is 2.45. The second-order valence-electron chi connectivity index (χ2n) is 5.57. The molecule has 2 heteroatoms. The van der Waals surface area contributed by atoms with Crippen LogP contribution in [0.1, 0.15) is 32.8 Å². The van der Waals surface area contributed by atoms with Gasteiger partial charge in [0.1, 0.15) is 0 Å². The Bertz CT molecular complexity index is 350. The average molecular weight is 246 g/mol. The zero-order valence-electron chi connectivity index (χ0n) is 11.9. The molecule has 1 aliphatic rings. The average Bonchev–Trinajstić information content (AvgIpc) is 2.79. The molecule has 2 atom stereocenters. The van der Waals surface area contributed by atoms with Crippen molar-refractivity contribution < 1.29 is 0 Å². The Morgan fingerprint density at radius 2 is 2.11 bits per heavy atom. The summed E-state index contributed by atoms with van der Waals surface area (Å²) in [4.78, 5) is 2.58. The Morgan fingerprint density at radius 1 is 1.33 bits per heavy atom. The fourth-order valence-electron chi connectivity index (χ4n) is 2.70. The molecule has 1 aromatic rings. The van der Waals surface area contributed by atoms with Gasteiger partial charge in [-0.2, -0.15) is 0 Å². The molecule has 0 fully saturated rings. The zero-order valence-corrected chi connectivity index (χ0v) is 11.9. The SMILES string of the molecule is CCC(C)CN(CC)CC1Cc2ccccc2N1. The lowest BCUT2D eigenvalue weighted by Gasteiger charge is -2.26. The maximum absolute atomic E-state index is 3.65. The number of nitrogens with zero attached hydrogens (tertiary/aromatic N) is 1. The highest BCUT2D eigenvalue weighted by molar-refractivity contribution is 5.56. The molecule has 0 spiro atoms. The standard InChI is InChI=1S/C16H26N2/c1-4-13(3)11-18(5-2)12-15-10-14-8-6-7-9-16(14)17-15/h6-9,13,15,17H,4-5,10-12H2,1-3H3. The molecule has 2 nitrogen and oxygen atoms in total. The number of nitrogens with one attached hydrogen (secondary N) is 1. The molecule has 1 N–H and O–H groups in total. The van der Waals surface area contributed by atoms with Crippen molar-refractivity contribution in [2.45, 2.75) is 39.7 Å². The summed E-state index contributed by atoms with van der Waals surface area (Å²) >= 11 is 0. The summed E-state index contributed by atoms with van der Waals surface area (Å²) in [6.45, 7) is 10.4. The molecule has 0 aliphatic carbocycles. The van der Waals surface area contributed by atoms with Gasteiger partial charge in [-0.25, -0.2) is 0 Å². The molecule has 1 heterocycles. The first-order valence-corrected chi connectivity index (χ1v) is 7.29. The number of benzene rings is 1. The maximum Gasteiger partial charge on any atom is 0.0429 e. The third-order valence-electron chi connectivity index (χ3n) is 4.04. The van der Waals surface area contributed by atoms with Gasteiger partial charge in [-0.05, 0) is 30.5 Å². The van der Waals surface area contributed by atoms with E-state index in [1.165, 1.54) is 30.6 Å². The minimum absolute atomic E-state index is 0.589. The highest BCUT2D eigenvalue weighted by atomic mass is 15.2. The first kappa shape index (κ1) is 13.4. The summed E-state index contributed by atoms with van der Waals surface area (Å²) in [5, 5.41) is 3.65. The Labute approximate surface area is 111 Å². The molecule has 0 radical (unpaired) electrons. The molecule has 100 valence electrons. The second-order valence-corrected chi connectivity index (χ2v) is 5.57. The van der Waals surface area contributed by atoms with Gasteiger partial charge >= 0.3 is 0 Å². The van der Waals surface area contributed by atoms with Crippen molar-refractivity contribution in [3.05, 3.63) is 29.8 Å². The van der Waals surface area contributed by atoms with Gasteiger partial charge in [0.15, 0.2) is 0 Å². The fourth-order valence-corrected chi connectivity index (χ4v) is 2.70. The molecule has 2 unspecified atom stereocenters. The number of hydrogen-bond acceptors (Lipinski definition) is 2. The van der Waals surface area contributed by atoms with Gasteiger partial charge in [0, 0.05) is 24.8 Å². The van der Waals surface area contributed by atoms with Crippen LogP contribution >= 0.6 is 0 Å². The van der Waals surface area contributed by atoms with E-state index in [-0.39, 0.29) is 0 Å². The maximum atomic E-state index is 3.65. The highest BCUT2D eigenvalue weighted by Gasteiger charge is 2.22. The lowest BCUT2D eigenvalue weighted by molar-refractivity contribution is 0.237. The summed E-state index contributed by atoms with van der Waals surface area (Å²) < 4.78 is 0. The van der Waals surface area contributed by atoms with Crippen molar-refractivity contribution in [3.63, 3.8) is 0 Å². The number of likely N-dealkylation sites (N-methyl/N-ethyl adjacent to an activating group) is 1. The van der Waals surface area contributed by atoms with Crippen LogP contribution < -0.4 is 5.32 Å². The number of rotatable bonds is 6. The molecule has 0 saturated heterocycles. The lowest BCUT2D eigenvalue weighted by atomic mass is 10.1. The van der Waals surface area contributed by atoms with Crippen LogP contribution in [0.3, 0.4) is 0 Å². The number of hydrogen-bond donors (Lipinski definition) is 1. The highest BCUT2D eigenvalue weighted by Crippen LogP contribution is 2.25. The summed E-state index contributed by atoms with van der Waals surface area (Å²) in [5.41, 5.74) is 2.81. The Morgan fingerprint density at radius 3 is 2.78 bits per heavy atom. The Balaban J connectivity index is 1.87. The van der Waals surface area contributed by atoms with Gasteiger partial charge in [-0.3, -0.25) is 0 Å². The topological polar surface area (TPSA) is 15.3 Å². The van der Waals surface area contributed by atoms with Gasteiger partial charge < -0.3 is 10.2 Å². The molecular weight excluding hydrogens is 220 g/mol. The van der Waals surface area contributed by atoms with Crippen LogP contribution in [0.5, 0.6) is 0 Å². The van der Waals surface area contributed by atoms with Crippen molar-refractivity contribution >= 4 is 5.69 Å². The van der Waals surface area contributed by atoms with E-state index in [1.807, 2.05) is 0 Å². The van der Waals surface area contributed by atoms with Crippen molar-refractivity contribution in [2.24, 2.45) is 5.92 Å². The van der Waals surface area contributed by atoms with Crippen LogP contribution in [0.25, 0.3) is 0 Å². The third kappa shape index (κ3) is 3.26. The van der Waals surface area contributed by atoms with Crippen LogP contribution in [0.2, 0.25) is 0 Å². The van der Waals surface area contributed by atoms with Crippen LogP contribution in [0.4, 0.5) is 5.69 Å². The molecule has 0 saturated carbocycles. The molecule has 0 bridgehead atoms. The van der Waals surface area contributed by atoms with E-state index in [9.17, 15) is 0 Å². The monoisotopic (exact) mass is 246 g/mol. The molecule has 1 aromatic carbocycles. The smallest absolute Gasteiger partial charge is 0.0429 e. The van der Waals surface area contributed by atoms with Crippen LogP contribution in [0, 0.1) is 5.92 Å². The predicted octanol–water partition coefficient (Wildman–Crippen LogP) is 3.39. The quantitative estimate of drug-likeness (QED) is 0.827. The largest absolute Gasteiger partial charge is 0.380 e. The molecule has 1 aliphatic heterocycles. The van der Waals surface area contributed by atoms with Gasteiger partial charge in [0.25, 0.3) is 0 Å². The van der Waals surface area contributed by atoms with E-state index < -0.39 is 0 Å². The zero-order chi connectivity index (χ0) is 13.0. The number of fused-ring (bicyclic) bond motifs is 1. The minimum atomic E-state index is 0.589. The van der Waals surface area contributed by atoms with Crippen molar-refractivity contribution in [1.82, 2.24) is 4.90 Å². The molecule has 2 rings (SSSR count). The number of anilines is 1. The van der Waals surface area contributed by atoms with E-state index in [0.29, 0.717) is 6.04 Å². The van der Waals surface area contributed by atoms with E-state index >= 15 is 0 Å². The summed E-state index contributed by atoms with van der Waals surface area (Å²) in [7, 11) is 0. The van der Waals surface area contributed by atoms with Crippen LogP contribution in [0.15, 0.2) is 24.3 Å². The Hall–Kier alpha value is -1.02. The van der Waals surface area contributed by atoms with E-state index in [4.69, 9.17) is 0 Å².